The fraction of sp³-hybridized carbons (Fsp3) is 0.255. The van der Waals surface area contributed by atoms with Gasteiger partial charge in [-0.05, 0) is 75.8 Å². The van der Waals surface area contributed by atoms with E-state index < -0.39 is 0 Å². The summed E-state index contributed by atoms with van der Waals surface area (Å²) >= 11 is 13.3. The van der Waals surface area contributed by atoms with Gasteiger partial charge in [0.25, 0.3) is 0 Å². The van der Waals surface area contributed by atoms with Crippen molar-refractivity contribution >= 4 is 26.4 Å². The number of rotatable bonds is 5. The molecule has 0 saturated carbocycles. The molecular formula is C55H54Cl4Zr-2. The zero-order valence-electron chi connectivity index (χ0n) is 36.5. The van der Waals surface area contributed by atoms with E-state index in [2.05, 4.69) is 160 Å². The fourth-order valence-corrected chi connectivity index (χ4v) is 9.48. The molecule has 6 aromatic rings. The van der Waals surface area contributed by atoms with Gasteiger partial charge in [-0.1, -0.05) is 127 Å². The summed E-state index contributed by atoms with van der Waals surface area (Å²) in [5.41, 5.74) is 22.8. The van der Waals surface area contributed by atoms with Crippen molar-refractivity contribution in [2.75, 3.05) is 0 Å². The zero-order chi connectivity index (χ0) is 41.9. The molecule has 1 unspecified atom stereocenters. The molecule has 0 bridgehead atoms. The molecule has 0 aliphatic heterocycles. The minimum absolute atomic E-state index is 0. The zero-order valence-corrected chi connectivity index (χ0v) is 42.0. The summed E-state index contributed by atoms with van der Waals surface area (Å²) in [6, 6.07) is 40.2. The van der Waals surface area contributed by atoms with Gasteiger partial charge >= 0.3 is 120 Å². The topological polar surface area (TPSA) is 0 Å². The van der Waals surface area contributed by atoms with Crippen LogP contribution in [-0.4, -0.2) is 3.21 Å². The molecule has 2 aliphatic carbocycles. The number of halogens is 4. The first-order valence-electron chi connectivity index (χ1n) is 20.3. The number of benzene rings is 6. The molecule has 6 aromatic carbocycles. The monoisotopic (exact) mass is 944 g/mol. The number of allylic oxidation sites excluding steroid dienone is 4. The van der Waals surface area contributed by atoms with Crippen LogP contribution in [0.4, 0.5) is 0 Å². The molecule has 60 heavy (non-hydrogen) atoms. The molecule has 8 rings (SSSR count). The van der Waals surface area contributed by atoms with E-state index in [1.807, 2.05) is 36.4 Å². The molecule has 308 valence electrons. The Labute approximate surface area is 397 Å². The third kappa shape index (κ3) is 11.8. The quantitative estimate of drug-likeness (QED) is 0.151. The number of hydrogen-bond acceptors (Lipinski definition) is 0. The Morgan fingerprint density at radius 2 is 1.18 bits per heavy atom. The third-order valence-electron chi connectivity index (χ3n) is 11.1. The molecule has 5 heteroatoms. The smallest absolute Gasteiger partial charge is 1.00 e. The van der Waals surface area contributed by atoms with Crippen LogP contribution in [0.3, 0.4) is 0 Å². The summed E-state index contributed by atoms with van der Waals surface area (Å²) in [5, 5.41) is 1.53. The average Bonchev–Trinajstić information content (AvgIpc) is 3.79. The van der Waals surface area contributed by atoms with Gasteiger partial charge in [-0.15, -0.1) is 29.3 Å². The van der Waals surface area contributed by atoms with Crippen LogP contribution in [0.2, 0.25) is 10.0 Å². The van der Waals surface area contributed by atoms with Gasteiger partial charge in [0.1, 0.15) is 0 Å². The van der Waals surface area contributed by atoms with E-state index >= 15 is 0 Å². The molecule has 0 fully saturated rings. The molecule has 0 amide bonds. The fourth-order valence-electron chi connectivity index (χ4n) is 8.33. The van der Waals surface area contributed by atoms with Gasteiger partial charge in [0.2, 0.25) is 0 Å². The number of aryl methyl sites for hydroxylation is 6. The van der Waals surface area contributed by atoms with Crippen LogP contribution >= 0.6 is 23.2 Å². The maximum Gasteiger partial charge on any atom is -1.00 e. The van der Waals surface area contributed by atoms with Crippen molar-refractivity contribution in [1.29, 1.82) is 0 Å². The van der Waals surface area contributed by atoms with Crippen LogP contribution in [-0.2, 0) is 30.7 Å². The normalized spacial score (nSPS) is 13.4. The van der Waals surface area contributed by atoms with E-state index in [4.69, 9.17) is 23.2 Å². The Morgan fingerprint density at radius 1 is 0.667 bits per heavy atom. The standard InChI is InChI=1S/C31H29.C13H8Cl2.C11H17.2ClH.Zr/c1-18-11-20(3)30(21(4)12-18)24-7-9-28-26(15-24)17-27-16-25(8-10-29(27)28)31-22(5)13-19(2)14-23(31)6;14-12-5-1-3-10(8-12)7-11-4-2-6-13(15)9-11;1-5-9-6-7-10(8-9)11(2,3)4;;;/h7-15H,17H2,1-6H3;1-6,8-9H;7-9H,5H2,1-4H3;2*1H;/q-1;;-1;;;+2/p-2. The SMILES string of the molecule is CCC1[C-]=CC(C(C)(C)C)=C1.Cc1cc(C)c(-c2[c-]c3c(cc2)-c2ccc(-c4c(C)cc(C)cc4C)cc2C3)c(C)c1.Clc1cccc([C](=[Zr+2])c2cccc(Cl)c2)c1.[Cl-].[Cl-]. The van der Waals surface area contributed by atoms with Crippen LogP contribution in [0, 0.1) is 65.0 Å². The largest absolute Gasteiger partial charge is 1.00 e. The minimum Gasteiger partial charge on any atom is -1.00 e. The van der Waals surface area contributed by atoms with Crippen LogP contribution in [0.15, 0.2) is 121 Å². The van der Waals surface area contributed by atoms with E-state index in [-0.39, 0.29) is 24.8 Å². The molecule has 0 saturated heterocycles. The molecule has 2 aliphatic rings. The van der Waals surface area contributed by atoms with E-state index in [1.54, 1.807) is 0 Å². The Hall–Kier alpha value is -3.29. The van der Waals surface area contributed by atoms with Crippen molar-refractivity contribution in [3.8, 4) is 33.4 Å². The van der Waals surface area contributed by atoms with Gasteiger partial charge in [0, 0.05) is 0 Å². The molecule has 0 nitrogen and oxygen atoms in total. The molecule has 1 atom stereocenters. The number of fused-ring (bicyclic) bond motifs is 3. The van der Waals surface area contributed by atoms with Crippen LogP contribution in [0.25, 0.3) is 33.4 Å². The van der Waals surface area contributed by atoms with E-state index in [9.17, 15) is 0 Å². The summed E-state index contributed by atoms with van der Waals surface area (Å²) in [7, 11) is 0. The summed E-state index contributed by atoms with van der Waals surface area (Å²) in [5.74, 6) is 0.573. The predicted molar refractivity (Wildman–Crippen MR) is 248 cm³/mol. The van der Waals surface area contributed by atoms with Crippen molar-refractivity contribution in [1.82, 2.24) is 0 Å². The summed E-state index contributed by atoms with van der Waals surface area (Å²) in [6.07, 6.45) is 9.96. The van der Waals surface area contributed by atoms with E-state index in [0.717, 1.165) is 27.6 Å². The molecule has 0 radical (unpaired) electrons. The summed E-state index contributed by atoms with van der Waals surface area (Å²) in [4.78, 5) is 0. The van der Waals surface area contributed by atoms with Gasteiger partial charge in [-0.2, -0.15) is 11.6 Å². The summed E-state index contributed by atoms with van der Waals surface area (Å²) < 4.78 is 1.26. The van der Waals surface area contributed by atoms with Crippen molar-refractivity contribution < 1.29 is 49.0 Å². The Bertz CT molecular complexity index is 2370. The van der Waals surface area contributed by atoms with Crippen molar-refractivity contribution in [3.05, 3.63) is 199 Å². The second-order valence-corrected chi connectivity index (χ2v) is 19.1. The van der Waals surface area contributed by atoms with Crippen LogP contribution in [0.1, 0.15) is 89.8 Å². The molecule has 0 spiro atoms. The second kappa shape index (κ2) is 21.2. The van der Waals surface area contributed by atoms with Gasteiger partial charge in [-0.3, -0.25) is 6.08 Å². The molecular weight excluding hydrogens is 894 g/mol. The minimum atomic E-state index is 0. The Balaban J connectivity index is 0.000000229. The first kappa shape index (κ1) is 49.4. The molecule has 0 N–H and O–H groups in total. The first-order valence-corrected chi connectivity index (χ1v) is 22.3. The third-order valence-corrected chi connectivity index (χ3v) is 13.0. The predicted octanol–water partition coefficient (Wildman–Crippen LogP) is 9.72. The summed E-state index contributed by atoms with van der Waals surface area (Å²) in [6.45, 7) is 22.2. The second-order valence-electron chi connectivity index (χ2n) is 17.0. The van der Waals surface area contributed by atoms with Gasteiger partial charge in [0.15, 0.2) is 0 Å². The Kier molecular flexibility index (Phi) is 17.4. The maximum absolute atomic E-state index is 5.98. The average molecular weight is 948 g/mol. The van der Waals surface area contributed by atoms with Gasteiger partial charge in [0.05, 0.1) is 0 Å². The van der Waals surface area contributed by atoms with E-state index in [1.165, 1.54) is 117 Å². The van der Waals surface area contributed by atoms with Crippen LogP contribution < -0.4 is 24.8 Å². The van der Waals surface area contributed by atoms with Crippen molar-refractivity contribution in [2.45, 2.75) is 82.1 Å². The van der Waals surface area contributed by atoms with E-state index in [0.29, 0.717) is 11.3 Å². The molecule has 0 aromatic heterocycles. The molecule has 0 heterocycles. The Morgan fingerprint density at radius 3 is 1.65 bits per heavy atom. The van der Waals surface area contributed by atoms with Gasteiger partial charge < -0.3 is 24.8 Å². The number of hydrogen-bond donors (Lipinski definition) is 0. The van der Waals surface area contributed by atoms with Crippen LogP contribution in [0.5, 0.6) is 0 Å². The maximum atomic E-state index is 5.98. The van der Waals surface area contributed by atoms with Crippen molar-refractivity contribution in [2.24, 2.45) is 11.3 Å². The van der Waals surface area contributed by atoms with Crippen molar-refractivity contribution in [3.63, 3.8) is 0 Å². The first-order chi connectivity index (χ1) is 27.5. The van der Waals surface area contributed by atoms with Gasteiger partial charge in [-0.25, -0.2) is 6.08 Å².